The first-order valence-electron chi connectivity index (χ1n) is 12.9. The van der Waals surface area contributed by atoms with Crippen molar-refractivity contribution in [1.82, 2.24) is 10.3 Å². The van der Waals surface area contributed by atoms with E-state index in [9.17, 15) is 4.79 Å². The van der Waals surface area contributed by atoms with E-state index in [0.717, 1.165) is 44.1 Å². The molecule has 40 heavy (non-hydrogen) atoms. The lowest BCUT2D eigenvalue weighted by molar-refractivity contribution is -0.114. The van der Waals surface area contributed by atoms with Crippen LogP contribution in [0.5, 0.6) is 0 Å². The molecular weight excluding hydrogens is 538 g/mol. The van der Waals surface area contributed by atoms with Crippen molar-refractivity contribution in [3.63, 3.8) is 0 Å². The van der Waals surface area contributed by atoms with E-state index in [2.05, 4.69) is 16.4 Å². The van der Waals surface area contributed by atoms with E-state index >= 15 is 0 Å². The molecule has 7 rings (SSSR count). The highest BCUT2D eigenvalue weighted by Crippen LogP contribution is 2.48. The summed E-state index contributed by atoms with van der Waals surface area (Å²) in [5, 5.41) is 12.0. The number of hydrazone groups is 1. The van der Waals surface area contributed by atoms with Gasteiger partial charge in [0.25, 0.3) is 11.0 Å². The van der Waals surface area contributed by atoms with Gasteiger partial charge in [-0.3, -0.25) is 9.69 Å². The van der Waals surface area contributed by atoms with Gasteiger partial charge in [-0.15, -0.1) is 0 Å². The lowest BCUT2D eigenvalue weighted by atomic mass is 10.1. The van der Waals surface area contributed by atoms with Gasteiger partial charge in [-0.2, -0.15) is 5.10 Å². The number of carbonyl (C=O) groups is 1. The van der Waals surface area contributed by atoms with Crippen molar-refractivity contribution < 1.29 is 4.79 Å². The Morgan fingerprint density at radius 3 is 2.23 bits per heavy atom. The molecule has 0 aliphatic carbocycles. The van der Waals surface area contributed by atoms with Crippen LogP contribution in [0.3, 0.4) is 0 Å². The molecule has 2 aliphatic heterocycles. The number of amides is 1. The van der Waals surface area contributed by atoms with Crippen LogP contribution in [0.2, 0.25) is 5.02 Å². The van der Waals surface area contributed by atoms with Crippen molar-refractivity contribution in [1.29, 1.82) is 0 Å². The molecule has 8 heteroatoms. The van der Waals surface area contributed by atoms with Crippen LogP contribution in [-0.4, -0.2) is 21.1 Å². The quantitative estimate of drug-likeness (QED) is 0.225. The van der Waals surface area contributed by atoms with Gasteiger partial charge in [0.15, 0.2) is 0 Å². The number of para-hydroxylation sites is 3. The van der Waals surface area contributed by atoms with Gasteiger partial charge < -0.3 is 10.3 Å². The number of aryl methyl sites for hydroxylation is 1. The topological polar surface area (TPSA) is 63.7 Å². The van der Waals surface area contributed by atoms with Gasteiger partial charge in [0.1, 0.15) is 10.7 Å². The molecule has 1 aromatic heterocycles. The number of nitrogens with zero attached hydrogens (tertiary/aromatic N) is 3. The Hall–Kier alpha value is -4.46. The second-order valence-electron chi connectivity index (χ2n) is 9.64. The number of aromatic nitrogens is 1. The lowest BCUT2D eigenvalue weighted by Crippen LogP contribution is -2.59. The van der Waals surface area contributed by atoms with Crippen LogP contribution in [0.15, 0.2) is 120 Å². The fourth-order valence-corrected chi connectivity index (χ4v) is 6.67. The van der Waals surface area contributed by atoms with Gasteiger partial charge in [-0.1, -0.05) is 78.3 Å². The number of anilines is 2. The lowest BCUT2D eigenvalue weighted by Gasteiger charge is -2.39. The molecule has 1 atom stereocenters. The number of hydrogen-bond acceptors (Lipinski definition) is 5. The van der Waals surface area contributed by atoms with Crippen molar-refractivity contribution in [3.05, 3.63) is 137 Å². The Kier molecular flexibility index (Phi) is 5.91. The zero-order chi connectivity index (χ0) is 27.3. The fourth-order valence-electron chi connectivity index (χ4n) is 5.23. The van der Waals surface area contributed by atoms with E-state index in [1.54, 1.807) is 4.90 Å². The molecule has 6 nitrogen and oxygen atoms in total. The van der Waals surface area contributed by atoms with Crippen molar-refractivity contribution >= 4 is 62.7 Å². The van der Waals surface area contributed by atoms with Crippen LogP contribution in [0.25, 0.3) is 17.0 Å². The number of aromatic amines is 1. The van der Waals surface area contributed by atoms with Gasteiger partial charge in [0.2, 0.25) is 0 Å². The summed E-state index contributed by atoms with van der Waals surface area (Å²) in [4.78, 5) is 19.6. The minimum Gasteiger partial charge on any atom is -0.358 e. The summed E-state index contributed by atoms with van der Waals surface area (Å²) in [6.07, 6.45) is 1.95. The Bertz CT molecular complexity index is 1800. The maximum absolute atomic E-state index is 14.4. The predicted octanol–water partition coefficient (Wildman–Crippen LogP) is 7.33. The highest BCUT2D eigenvalue weighted by atomic mass is 35.5. The van der Waals surface area contributed by atoms with E-state index in [4.69, 9.17) is 16.7 Å². The van der Waals surface area contributed by atoms with Crippen LogP contribution in [0, 0.1) is 6.92 Å². The molecule has 196 valence electrons. The largest absolute Gasteiger partial charge is 0.358 e. The number of rotatable bonds is 4. The first-order chi connectivity index (χ1) is 19.5. The van der Waals surface area contributed by atoms with Crippen LogP contribution in [0.4, 0.5) is 11.4 Å². The zero-order valence-corrected chi connectivity index (χ0v) is 23.1. The first kappa shape index (κ1) is 24.6. The number of benzene rings is 4. The maximum Gasteiger partial charge on any atom is 0.278 e. The number of fused-ring (bicyclic) bond motifs is 1. The summed E-state index contributed by atoms with van der Waals surface area (Å²) < 4.78 is 0. The van der Waals surface area contributed by atoms with Crippen LogP contribution in [-0.2, 0) is 4.79 Å². The maximum atomic E-state index is 14.4. The second kappa shape index (κ2) is 9.62. The summed E-state index contributed by atoms with van der Waals surface area (Å²) in [6.45, 7) is 2.03. The number of hydrogen-bond donors (Lipinski definition) is 2. The molecule has 0 radical (unpaired) electrons. The highest BCUT2D eigenvalue weighted by molar-refractivity contribution is 8.16. The van der Waals surface area contributed by atoms with Crippen molar-refractivity contribution in [2.24, 2.45) is 5.10 Å². The number of thioether (sulfide) groups is 1. The van der Waals surface area contributed by atoms with Crippen molar-refractivity contribution in [3.8, 4) is 0 Å². The monoisotopic (exact) mass is 561 g/mol. The van der Waals surface area contributed by atoms with E-state index in [1.165, 1.54) is 11.8 Å². The van der Waals surface area contributed by atoms with Crippen molar-refractivity contribution in [2.45, 2.75) is 12.0 Å². The summed E-state index contributed by atoms with van der Waals surface area (Å²) in [5.74, 6) is -0.142. The molecule has 0 bridgehead atoms. The minimum absolute atomic E-state index is 0.142. The van der Waals surface area contributed by atoms with Gasteiger partial charge in [0, 0.05) is 38.4 Å². The second-order valence-corrected chi connectivity index (χ2v) is 11.2. The fraction of sp³-hybridized carbons (Fsp3) is 0.0625. The van der Waals surface area contributed by atoms with Crippen LogP contribution < -0.4 is 15.2 Å². The average molecular weight is 562 g/mol. The molecular formula is C32H24ClN5OS. The number of carbonyl (C=O) groups excluding carboxylic acids is 1. The van der Waals surface area contributed by atoms with Crippen LogP contribution in [0.1, 0.15) is 16.8 Å². The van der Waals surface area contributed by atoms with Gasteiger partial charge >= 0.3 is 0 Å². The van der Waals surface area contributed by atoms with E-state index < -0.39 is 5.12 Å². The normalized spacial score (nSPS) is 19.6. The molecule has 0 saturated carbocycles. The third-order valence-corrected chi connectivity index (χ3v) is 8.59. The molecule has 4 aromatic carbocycles. The zero-order valence-electron chi connectivity index (χ0n) is 21.5. The number of H-pyrrole nitrogens is 1. The van der Waals surface area contributed by atoms with E-state index in [0.29, 0.717) is 10.7 Å². The predicted molar refractivity (Wildman–Crippen MR) is 165 cm³/mol. The first-order valence-corrected chi connectivity index (χ1v) is 14.1. The Morgan fingerprint density at radius 2 is 1.50 bits per heavy atom. The van der Waals surface area contributed by atoms with E-state index in [-0.39, 0.29) is 5.91 Å². The number of nitrogens with one attached hydrogen (secondary N) is 2. The molecule has 1 amide bonds. The summed E-state index contributed by atoms with van der Waals surface area (Å²) in [7, 11) is 0. The molecule has 1 unspecified atom stereocenters. The molecule has 1 fully saturated rings. The molecule has 2 aliphatic rings. The van der Waals surface area contributed by atoms with Crippen molar-refractivity contribution in [2.75, 3.05) is 9.91 Å². The Balaban J connectivity index is 1.42. The standard InChI is InChI=1S/C32H24ClN5OS/c1-21-27(26-14-8-9-15-28(26)34-21)20-29-31(39)37(24-10-4-2-5-11-24)32(35-29)38(25-12-6-3-7-13-25)36-30(40-32)22-16-18-23(33)19-17-22/h2-20,34-35H,1H3/b29-20-. The van der Waals surface area contributed by atoms with Gasteiger partial charge in [0.05, 0.1) is 5.69 Å². The SMILES string of the molecule is Cc1[nH]c2ccccc2c1/C=C1\NC2(SC(c3ccc(Cl)cc3)=NN2c2ccccc2)N(c2ccccc2)C1=O. The number of halogens is 1. The third-order valence-electron chi connectivity index (χ3n) is 7.09. The van der Waals surface area contributed by atoms with Gasteiger partial charge in [-0.05, 0) is 67.2 Å². The molecule has 1 saturated heterocycles. The van der Waals surface area contributed by atoms with E-state index in [1.807, 2.05) is 121 Å². The highest BCUT2D eigenvalue weighted by Gasteiger charge is 2.58. The average Bonchev–Trinajstić information content (AvgIpc) is 3.61. The Labute approximate surface area is 241 Å². The summed E-state index contributed by atoms with van der Waals surface area (Å²) in [6, 6.07) is 35.4. The summed E-state index contributed by atoms with van der Waals surface area (Å²) >= 11 is 7.69. The third kappa shape index (κ3) is 3.97. The summed E-state index contributed by atoms with van der Waals surface area (Å²) in [5.41, 5.74) is 6.01. The van der Waals surface area contributed by atoms with Gasteiger partial charge in [-0.25, -0.2) is 5.01 Å². The molecule has 2 N–H and O–H groups in total. The smallest absolute Gasteiger partial charge is 0.278 e. The molecule has 1 spiro atoms. The molecule has 3 heterocycles. The van der Waals surface area contributed by atoms with Crippen LogP contribution >= 0.6 is 23.4 Å². The molecule has 5 aromatic rings. The minimum atomic E-state index is -1.08. The Morgan fingerprint density at radius 1 is 0.850 bits per heavy atom.